The van der Waals surface area contributed by atoms with Crippen LogP contribution in [0.3, 0.4) is 0 Å². The summed E-state index contributed by atoms with van der Waals surface area (Å²) in [4.78, 5) is 19.3. The van der Waals surface area contributed by atoms with Gasteiger partial charge in [-0.15, -0.1) is 0 Å². The molecular formula is C23H25N5O. The molecule has 1 saturated heterocycles. The van der Waals surface area contributed by atoms with Crippen LogP contribution in [0.25, 0.3) is 33.1 Å². The lowest BCUT2D eigenvalue weighted by Gasteiger charge is -2.28. The molecule has 0 amide bonds. The Morgan fingerprint density at radius 3 is 2.90 bits per heavy atom. The van der Waals surface area contributed by atoms with Crippen LogP contribution in [0.2, 0.25) is 0 Å². The van der Waals surface area contributed by atoms with E-state index in [4.69, 9.17) is 4.74 Å². The number of hydrogen-bond acceptors (Lipinski definition) is 5. The fourth-order valence-electron chi connectivity index (χ4n) is 4.11. The molecule has 1 aliphatic rings. The van der Waals surface area contributed by atoms with Crippen molar-refractivity contribution in [2.24, 2.45) is 5.92 Å². The van der Waals surface area contributed by atoms with Crippen LogP contribution >= 0.6 is 0 Å². The minimum atomic E-state index is 0.575. The van der Waals surface area contributed by atoms with Crippen molar-refractivity contribution in [3.8, 4) is 17.0 Å². The maximum Gasteiger partial charge on any atom is 0.227 e. The molecule has 1 aliphatic heterocycles. The molecule has 3 aromatic heterocycles. The van der Waals surface area contributed by atoms with Crippen molar-refractivity contribution >= 4 is 21.9 Å². The lowest BCUT2D eigenvalue weighted by atomic mass is 9.98. The molecule has 5 rings (SSSR count). The summed E-state index contributed by atoms with van der Waals surface area (Å²) in [5.74, 6) is 1.96. The zero-order valence-electron chi connectivity index (χ0n) is 16.9. The van der Waals surface area contributed by atoms with E-state index in [9.17, 15) is 0 Å². The number of piperidine rings is 1. The number of ether oxygens (including phenoxy) is 1. The van der Waals surface area contributed by atoms with Crippen LogP contribution in [0, 0.1) is 12.8 Å². The normalized spacial score (nSPS) is 15.9. The maximum atomic E-state index is 6.28. The Kier molecular flexibility index (Phi) is 4.64. The smallest absolute Gasteiger partial charge is 0.227 e. The van der Waals surface area contributed by atoms with E-state index in [0.29, 0.717) is 24.2 Å². The van der Waals surface area contributed by atoms with Crippen molar-refractivity contribution in [1.82, 2.24) is 24.8 Å². The predicted octanol–water partition coefficient (Wildman–Crippen LogP) is 4.20. The number of hydrogen-bond donors (Lipinski definition) is 1. The zero-order valence-corrected chi connectivity index (χ0v) is 16.9. The lowest BCUT2D eigenvalue weighted by molar-refractivity contribution is 0.158. The number of aromatic nitrogens is 4. The summed E-state index contributed by atoms with van der Waals surface area (Å²) in [5, 5.41) is 2.06. The number of fused-ring (bicyclic) bond motifs is 2. The van der Waals surface area contributed by atoms with E-state index in [2.05, 4.69) is 56.1 Å². The number of nitrogens with zero attached hydrogens (tertiary/aromatic N) is 4. The Labute approximate surface area is 170 Å². The van der Waals surface area contributed by atoms with Crippen molar-refractivity contribution in [3.63, 3.8) is 0 Å². The van der Waals surface area contributed by atoms with E-state index in [-0.39, 0.29) is 0 Å². The predicted molar refractivity (Wildman–Crippen MR) is 115 cm³/mol. The van der Waals surface area contributed by atoms with Crippen molar-refractivity contribution < 1.29 is 4.74 Å². The SMILES string of the molecule is Cc1nc(OCC2CCN(C)CC2)c2c(-c3ccc4ncccc4c3)c[nH]c2n1. The highest BCUT2D eigenvalue weighted by Crippen LogP contribution is 2.35. The largest absolute Gasteiger partial charge is 0.477 e. The van der Waals surface area contributed by atoms with E-state index in [0.717, 1.165) is 46.2 Å². The van der Waals surface area contributed by atoms with Gasteiger partial charge in [0.05, 0.1) is 17.5 Å². The van der Waals surface area contributed by atoms with Gasteiger partial charge in [-0.3, -0.25) is 4.98 Å². The molecule has 0 saturated carbocycles. The van der Waals surface area contributed by atoms with Gasteiger partial charge >= 0.3 is 0 Å². The van der Waals surface area contributed by atoms with Gasteiger partial charge in [0.2, 0.25) is 5.88 Å². The highest BCUT2D eigenvalue weighted by atomic mass is 16.5. The first kappa shape index (κ1) is 18.1. The summed E-state index contributed by atoms with van der Waals surface area (Å²) in [6, 6.07) is 10.4. The molecule has 0 aliphatic carbocycles. The van der Waals surface area contributed by atoms with Crippen molar-refractivity contribution in [2.75, 3.05) is 26.7 Å². The third-order valence-corrected chi connectivity index (χ3v) is 5.82. The van der Waals surface area contributed by atoms with Gasteiger partial charge in [-0.2, -0.15) is 4.98 Å². The Hall–Kier alpha value is -2.99. The number of aryl methyl sites for hydroxylation is 1. The second-order valence-electron chi connectivity index (χ2n) is 7.97. The van der Waals surface area contributed by atoms with Crippen molar-refractivity contribution in [1.29, 1.82) is 0 Å². The number of nitrogens with one attached hydrogen (secondary N) is 1. The highest BCUT2D eigenvalue weighted by molar-refractivity contribution is 5.99. The first-order valence-electron chi connectivity index (χ1n) is 10.2. The lowest BCUT2D eigenvalue weighted by Crippen LogP contribution is -2.32. The highest BCUT2D eigenvalue weighted by Gasteiger charge is 2.20. The van der Waals surface area contributed by atoms with E-state index >= 15 is 0 Å². The molecule has 1 fully saturated rings. The summed E-state index contributed by atoms with van der Waals surface area (Å²) in [7, 11) is 2.18. The van der Waals surface area contributed by atoms with Crippen molar-refractivity contribution in [2.45, 2.75) is 19.8 Å². The third kappa shape index (κ3) is 3.56. The Morgan fingerprint density at radius 1 is 1.17 bits per heavy atom. The summed E-state index contributed by atoms with van der Waals surface area (Å²) >= 11 is 0. The Balaban J connectivity index is 1.51. The number of likely N-dealkylation sites (tertiary alicyclic amines) is 1. The first-order chi connectivity index (χ1) is 14.2. The molecule has 4 aromatic rings. The summed E-state index contributed by atoms with van der Waals surface area (Å²) in [6.07, 6.45) is 6.15. The number of pyridine rings is 1. The molecule has 0 spiro atoms. The van der Waals surface area contributed by atoms with Crippen LogP contribution in [-0.4, -0.2) is 51.6 Å². The molecule has 6 nitrogen and oxygen atoms in total. The van der Waals surface area contributed by atoms with Crippen molar-refractivity contribution in [3.05, 3.63) is 48.5 Å². The number of benzene rings is 1. The zero-order chi connectivity index (χ0) is 19.8. The summed E-state index contributed by atoms with van der Waals surface area (Å²) in [5.41, 5.74) is 3.97. The van der Waals surface area contributed by atoms with Gasteiger partial charge in [-0.05, 0) is 69.6 Å². The third-order valence-electron chi connectivity index (χ3n) is 5.82. The van der Waals surface area contributed by atoms with Gasteiger partial charge < -0.3 is 14.6 Å². The molecule has 4 heterocycles. The quantitative estimate of drug-likeness (QED) is 0.568. The molecule has 0 unspecified atom stereocenters. The minimum absolute atomic E-state index is 0.575. The van der Waals surface area contributed by atoms with E-state index in [1.165, 1.54) is 12.8 Å². The van der Waals surface area contributed by atoms with Crippen LogP contribution < -0.4 is 4.74 Å². The number of H-pyrrole nitrogens is 1. The number of aromatic amines is 1. The van der Waals surface area contributed by atoms with Gasteiger partial charge in [0.1, 0.15) is 11.5 Å². The minimum Gasteiger partial charge on any atom is -0.477 e. The summed E-state index contributed by atoms with van der Waals surface area (Å²) in [6.45, 7) is 4.87. The topological polar surface area (TPSA) is 66.9 Å². The van der Waals surface area contributed by atoms with Crippen LogP contribution in [0.4, 0.5) is 0 Å². The Bertz CT molecular complexity index is 1160. The molecule has 0 bridgehead atoms. The van der Waals surface area contributed by atoms with E-state index in [1.54, 1.807) is 0 Å². The molecule has 0 radical (unpaired) electrons. The molecule has 1 aromatic carbocycles. The van der Waals surface area contributed by atoms with Gasteiger partial charge in [0.25, 0.3) is 0 Å². The fourth-order valence-corrected chi connectivity index (χ4v) is 4.11. The van der Waals surface area contributed by atoms with Crippen LogP contribution in [0.5, 0.6) is 5.88 Å². The molecular weight excluding hydrogens is 362 g/mol. The molecule has 148 valence electrons. The van der Waals surface area contributed by atoms with Crippen LogP contribution in [-0.2, 0) is 0 Å². The molecule has 29 heavy (non-hydrogen) atoms. The standard InChI is InChI=1S/C23H25N5O/c1-15-26-22-21(23(27-15)29-14-16-7-10-28(2)11-8-16)19(13-25-22)17-5-6-20-18(12-17)4-3-9-24-20/h3-6,9,12-13,16H,7-8,10-11,14H2,1-2H3,(H,25,26,27). The van der Waals surface area contributed by atoms with Crippen LogP contribution in [0.1, 0.15) is 18.7 Å². The Morgan fingerprint density at radius 2 is 2.03 bits per heavy atom. The second-order valence-corrected chi connectivity index (χ2v) is 7.97. The first-order valence-corrected chi connectivity index (χ1v) is 10.2. The average molecular weight is 387 g/mol. The molecule has 0 atom stereocenters. The molecule has 1 N–H and O–H groups in total. The van der Waals surface area contributed by atoms with Crippen LogP contribution in [0.15, 0.2) is 42.7 Å². The second kappa shape index (κ2) is 7.44. The van der Waals surface area contributed by atoms with Gasteiger partial charge in [0, 0.05) is 23.3 Å². The van der Waals surface area contributed by atoms with Gasteiger partial charge in [0.15, 0.2) is 0 Å². The fraction of sp³-hybridized carbons (Fsp3) is 0.348. The average Bonchev–Trinajstić information content (AvgIpc) is 3.16. The van der Waals surface area contributed by atoms with E-state index in [1.807, 2.05) is 25.4 Å². The van der Waals surface area contributed by atoms with E-state index < -0.39 is 0 Å². The van der Waals surface area contributed by atoms with Gasteiger partial charge in [-0.1, -0.05) is 12.1 Å². The molecule has 6 heteroatoms. The maximum absolute atomic E-state index is 6.28. The van der Waals surface area contributed by atoms with Gasteiger partial charge in [-0.25, -0.2) is 4.98 Å². The summed E-state index contributed by atoms with van der Waals surface area (Å²) < 4.78 is 6.28. The monoisotopic (exact) mass is 387 g/mol. The number of rotatable bonds is 4.